The van der Waals surface area contributed by atoms with E-state index in [1.807, 2.05) is 7.05 Å². The predicted octanol–water partition coefficient (Wildman–Crippen LogP) is 7.82. The van der Waals surface area contributed by atoms with Gasteiger partial charge >= 0.3 is 14.6 Å². The average molecular weight is 506 g/mol. The molecule has 0 aromatic heterocycles. The molecule has 0 radical (unpaired) electrons. The van der Waals surface area contributed by atoms with Crippen molar-refractivity contribution in [1.82, 2.24) is 5.32 Å². The van der Waals surface area contributed by atoms with E-state index in [1.165, 1.54) is 96.8 Å². The van der Waals surface area contributed by atoms with Gasteiger partial charge in [-0.3, -0.25) is 4.79 Å². The van der Waals surface area contributed by atoms with E-state index in [1.54, 1.807) is 0 Å². The van der Waals surface area contributed by atoms with E-state index in [9.17, 15) is 9.69 Å². The largest absolute Gasteiger partial charge is 0.460 e. The summed E-state index contributed by atoms with van der Waals surface area (Å²) in [7, 11) is 0.00413. The molecule has 2 unspecified atom stereocenters. The second-order valence-corrected chi connectivity index (χ2v) is 10.5. The predicted molar refractivity (Wildman–Crippen MR) is 144 cm³/mol. The number of hydrogen-bond donors (Lipinski definition) is 2. The molecule has 0 fully saturated rings. The highest BCUT2D eigenvalue weighted by molar-refractivity contribution is 7.40. The Kier molecular flexibility index (Phi) is 27.1. The van der Waals surface area contributed by atoms with Crippen molar-refractivity contribution < 1.29 is 23.5 Å². The van der Waals surface area contributed by atoms with Crippen LogP contribution in [0.2, 0.25) is 0 Å². The van der Waals surface area contributed by atoms with Crippen LogP contribution in [0.3, 0.4) is 0 Å². The normalized spacial score (nSPS) is 13.2. The molecule has 0 heterocycles. The summed E-state index contributed by atoms with van der Waals surface area (Å²) in [5.41, 5.74) is 0. The molecule has 0 saturated carbocycles. The van der Waals surface area contributed by atoms with E-state index < -0.39 is 8.60 Å². The number of unbranched alkanes of at least 4 members (excludes halogenated alkanes) is 16. The highest BCUT2D eigenvalue weighted by Gasteiger charge is 2.16. The Balaban J connectivity index is 3.58. The summed E-state index contributed by atoms with van der Waals surface area (Å²) in [6, 6.07) is 0. The number of hydrogen-bond acceptors (Lipinski definition) is 6. The Morgan fingerprint density at radius 3 is 1.74 bits per heavy atom. The minimum absolute atomic E-state index is 0.192. The Morgan fingerprint density at radius 1 is 0.765 bits per heavy atom. The maximum atomic E-state index is 11.4. The molecule has 0 aromatic rings. The van der Waals surface area contributed by atoms with Crippen molar-refractivity contribution in [3.05, 3.63) is 0 Å². The van der Waals surface area contributed by atoms with Crippen molar-refractivity contribution in [2.45, 2.75) is 142 Å². The molecule has 204 valence electrons. The highest BCUT2D eigenvalue weighted by Crippen LogP contribution is 2.33. The topological polar surface area (TPSA) is 77.0 Å². The van der Waals surface area contributed by atoms with Gasteiger partial charge in [0.25, 0.3) is 0 Å². The lowest BCUT2D eigenvalue weighted by molar-refractivity contribution is -0.148. The molecule has 0 aliphatic heterocycles. The van der Waals surface area contributed by atoms with Crippen LogP contribution in [0.15, 0.2) is 0 Å². The molecule has 6 nitrogen and oxygen atoms in total. The summed E-state index contributed by atoms with van der Waals surface area (Å²) >= 11 is 0. The minimum atomic E-state index is -1.91. The summed E-state index contributed by atoms with van der Waals surface area (Å²) in [5.74, 6) is -0.305. The highest BCUT2D eigenvalue weighted by atomic mass is 31.2. The summed E-state index contributed by atoms with van der Waals surface area (Å²) in [6.07, 6.45) is 23.7. The molecule has 7 heteroatoms. The van der Waals surface area contributed by atoms with Gasteiger partial charge in [0.15, 0.2) is 0 Å². The maximum absolute atomic E-state index is 11.4. The summed E-state index contributed by atoms with van der Waals surface area (Å²) in [5, 5.41) is 3.08. The molecule has 2 atom stereocenters. The van der Waals surface area contributed by atoms with E-state index in [2.05, 4.69) is 12.2 Å². The van der Waals surface area contributed by atoms with E-state index >= 15 is 0 Å². The van der Waals surface area contributed by atoms with Gasteiger partial charge in [-0.15, -0.1) is 0 Å². The molecule has 2 N–H and O–H groups in total. The Hall–Kier alpha value is -0.260. The van der Waals surface area contributed by atoms with Crippen molar-refractivity contribution in [2.24, 2.45) is 0 Å². The minimum Gasteiger partial charge on any atom is -0.460 e. The van der Waals surface area contributed by atoms with Gasteiger partial charge in [0.1, 0.15) is 6.10 Å². The lowest BCUT2D eigenvalue weighted by atomic mass is 10.0. The van der Waals surface area contributed by atoms with Gasteiger partial charge in [-0.25, -0.2) is 0 Å². The first kappa shape index (κ1) is 33.7. The number of nitrogens with one attached hydrogen (secondary N) is 1. The van der Waals surface area contributed by atoms with Crippen molar-refractivity contribution >= 4 is 14.6 Å². The van der Waals surface area contributed by atoms with Gasteiger partial charge in [0.05, 0.1) is 13.2 Å². The summed E-state index contributed by atoms with van der Waals surface area (Å²) < 4.78 is 16.1. The number of carbonyl (C=O) groups is 1. The quantitative estimate of drug-likeness (QED) is 0.0673. The molecule has 0 aromatic carbocycles. The van der Waals surface area contributed by atoms with Crippen molar-refractivity contribution in [3.8, 4) is 0 Å². The van der Waals surface area contributed by atoms with Crippen LogP contribution in [0.4, 0.5) is 0 Å². The fourth-order valence-electron chi connectivity index (χ4n) is 4.06. The number of esters is 1. The van der Waals surface area contributed by atoms with Crippen molar-refractivity contribution in [3.63, 3.8) is 0 Å². The molecule has 0 saturated heterocycles. The lowest BCUT2D eigenvalue weighted by Crippen LogP contribution is -2.21. The zero-order chi connectivity index (χ0) is 25.1. The van der Waals surface area contributed by atoms with Crippen LogP contribution in [0, 0.1) is 0 Å². The van der Waals surface area contributed by atoms with Crippen molar-refractivity contribution in [2.75, 3.05) is 26.8 Å². The van der Waals surface area contributed by atoms with Crippen LogP contribution in [-0.4, -0.2) is 43.8 Å². The van der Waals surface area contributed by atoms with Gasteiger partial charge in [-0.1, -0.05) is 103 Å². The number of rotatable bonds is 27. The van der Waals surface area contributed by atoms with Crippen LogP contribution in [0.25, 0.3) is 0 Å². The standard InChI is InChI=1S/C27H56NO5P/c1-4-5-6-7-8-9-10-11-12-13-14-15-16-17-18-19-22-27(33-26(2)29)25-32-34(30)31-24-21-20-23-28-3/h27-28,30H,4-25H2,1-3H3. The SMILES string of the molecule is CCCCCCCCCCCCCCCCCCC(COP(O)OCCCCNC)OC(C)=O. The third-order valence-electron chi connectivity index (χ3n) is 6.11. The summed E-state index contributed by atoms with van der Waals surface area (Å²) in [4.78, 5) is 21.2. The molecule has 0 rings (SSSR count). The zero-order valence-electron chi connectivity index (χ0n) is 22.7. The second-order valence-electron chi connectivity index (χ2n) is 9.50. The van der Waals surface area contributed by atoms with Gasteiger partial charge in [0, 0.05) is 6.92 Å². The first-order chi connectivity index (χ1) is 16.6. The van der Waals surface area contributed by atoms with Crippen LogP contribution in [0.1, 0.15) is 136 Å². The Labute approximate surface area is 212 Å². The van der Waals surface area contributed by atoms with Crippen molar-refractivity contribution in [1.29, 1.82) is 0 Å². The van der Waals surface area contributed by atoms with Crippen LogP contribution in [0.5, 0.6) is 0 Å². The molecule has 0 spiro atoms. The third kappa shape index (κ3) is 26.3. The molecular weight excluding hydrogens is 449 g/mol. The molecule has 0 bridgehead atoms. The molecule has 0 aliphatic rings. The third-order valence-corrected chi connectivity index (χ3v) is 6.88. The van der Waals surface area contributed by atoms with Crippen LogP contribution in [-0.2, 0) is 18.6 Å². The fraction of sp³-hybridized carbons (Fsp3) is 0.963. The smallest absolute Gasteiger partial charge is 0.329 e. The average Bonchev–Trinajstić information content (AvgIpc) is 2.81. The van der Waals surface area contributed by atoms with Crippen LogP contribution >= 0.6 is 8.60 Å². The molecule has 0 amide bonds. The van der Waals surface area contributed by atoms with Gasteiger partial charge in [-0.2, -0.15) is 0 Å². The Morgan fingerprint density at radius 2 is 1.26 bits per heavy atom. The van der Waals surface area contributed by atoms with Gasteiger partial charge in [0.2, 0.25) is 0 Å². The number of ether oxygens (including phenoxy) is 1. The van der Waals surface area contributed by atoms with E-state index in [0.29, 0.717) is 6.61 Å². The van der Waals surface area contributed by atoms with Gasteiger partial charge < -0.3 is 24.0 Å². The van der Waals surface area contributed by atoms with Crippen LogP contribution < -0.4 is 5.32 Å². The first-order valence-electron chi connectivity index (χ1n) is 14.2. The van der Waals surface area contributed by atoms with Gasteiger partial charge in [-0.05, 0) is 39.3 Å². The number of carbonyl (C=O) groups excluding carboxylic acids is 1. The fourth-order valence-corrected chi connectivity index (χ4v) is 4.72. The Bertz CT molecular complexity index is 428. The zero-order valence-corrected chi connectivity index (χ0v) is 23.6. The van der Waals surface area contributed by atoms with E-state index in [0.717, 1.165) is 38.6 Å². The molecular formula is C27H56NO5P. The molecule has 34 heavy (non-hydrogen) atoms. The molecule has 0 aliphatic carbocycles. The first-order valence-corrected chi connectivity index (χ1v) is 15.3. The maximum Gasteiger partial charge on any atom is 0.329 e. The lowest BCUT2D eigenvalue weighted by Gasteiger charge is -2.18. The monoisotopic (exact) mass is 505 g/mol. The van der Waals surface area contributed by atoms with E-state index in [4.69, 9.17) is 13.8 Å². The second kappa shape index (κ2) is 27.3. The summed E-state index contributed by atoms with van der Waals surface area (Å²) in [6.45, 7) is 5.29. The van der Waals surface area contributed by atoms with E-state index in [-0.39, 0.29) is 18.7 Å².